The van der Waals surface area contributed by atoms with E-state index in [4.69, 9.17) is 5.73 Å². The summed E-state index contributed by atoms with van der Waals surface area (Å²) in [7, 11) is 0. The van der Waals surface area contributed by atoms with Crippen LogP contribution in [0.2, 0.25) is 0 Å². The Labute approximate surface area is 92.4 Å². The summed E-state index contributed by atoms with van der Waals surface area (Å²) in [6, 6.07) is 1.77. The number of amides is 2. The van der Waals surface area contributed by atoms with Crippen LogP contribution in [-0.4, -0.2) is 28.1 Å². The Balaban J connectivity index is 2.36. The number of rotatable bonds is 4. The second kappa shape index (κ2) is 5.50. The molecule has 16 heavy (non-hydrogen) atoms. The number of aromatic nitrogens is 2. The lowest BCUT2D eigenvalue weighted by Gasteiger charge is -1.99. The van der Waals surface area contributed by atoms with Gasteiger partial charge in [-0.3, -0.25) is 9.59 Å². The molecule has 6 nitrogen and oxygen atoms in total. The summed E-state index contributed by atoms with van der Waals surface area (Å²) in [6.07, 6.45) is 6.70. The summed E-state index contributed by atoms with van der Waals surface area (Å²) in [5.41, 5.74) is 5.40. The van der Waals surface area contributed by atoms with E-state index in [1.54, 1.807) is 35.3 Å². The summed E-state index contributed by atoms with van der Waals surface area (Å²) in [4.78, 5) is 21.1. The average Bonchev–Trinajstić information content (AvgIpc) is 2.76. The fraction of sp³-hybridized carbons (Fsp3) is 0.100. The van der Waals surface area contributed by atoms with E-state index in [1.807, 2.05) is 0 Å². The van der Waals surface area contributed by atoms with Crippen LogP contribution in [0.5, 0.6) is 0 Å². The van der Waals surface area contributed by atoms with Crippen molar-refractivity contribution in [1.82, 2.24) is 15.1 Å². The van der Waals surface area contributed by atoms with Gasteiger partial charge in [0.1, 0.15) is 0 Å². The summed E-state index contributed by atoms with van der Waals surface area (Å²) in [6.45, 7) is 3.97. The fourth-order valence-electron chi connectivity index (χ4n) is 0.949. The Morgan fingerprint density at radius 3 is 2.88 bits per heavy atom. The Morgan fingerprint density at radius 1 is 1.56 bits per heavy atom. The third-order valence-corrected chi connectivity index (χ3v) is 1.71. The second-order valence-corrected chi connectivity index (χ2v) is 2.92. The monoisotopic (exact) mass is 220 g/mol. The van der Waals surface area contributed by atoms with Gasteiger partial charge in [0.15, 0.2) is 0 Å². The Bertz CT molecular complexity index is 420. The van der Waals surface area contributed by atoms with Crippen molar-refractivity contribution in [2.24, 2.45) is 5.73 Å². The average molecular weight is 220 g/mol. The first-order valence-corrected chi connectivity index (χ1v) is 4.54. The highest BCUT2D eigenvalue weighted by atomic mass is 16.2. The normalized spacial score (nSPS) is 10.2. The van der Waals surface area contributed by atoms with Gasteiger partial charge < -0.3 is 11.1 Å². The first-order valence-electron chi connectivity index (χ1n) is 4.54. The van der Waals surface area contributed by atoms with Gasteiger partial charge in [-0.25, -0.2) is 4.68 Å². The fourth-order valence-corrected chi connectivity index (χ4v) is 0.949. The molecular weight excluding hydrogens is 208 g/mol. The van der Waals surface area contributed by atoms with Gasteiger partial charge in [0, 0.05) is 18.9 Å². The van der Waals surface area contributed by atoms with Gasteiger partial charge in [-0.15, -0.1) is 0 Å². The summed E-state index contributed by atoms with van der Waals surface area (Å²) < 4.78 is 1.58. The zero-order valence-corrected chi connectivity index (χ0v) is 8.59. The number of carbonyl (C=O) groups excluding carboxylic acids is 2. The SMILES string of the molecule is C=C(/C=C/CNC(=O)C(N)=O)n1cccn1. The third kappa shape index (κ3) is 3.41. The van der Waals surface area contributed by atoms with E-state index in [0.717, 1.165) is 0 Å². The number of primary amides is 1. The van der Waals surface area contributed by atoms with Crippen LogP contribution in [0.15, 0.2) is 37.2 Å². The number of carbonyl (C=O) groups is 2. The third-order valence-electron chi connectivity index (χ3n) is 1.71. The lowest BCUT2D eigenvalue weighted by molar-refractivity contribution is -0.137. The van der Waals surface area contributed by atoms with Crippen molar-refractivity contribution in [3.05, 3.63) is 37.2 Å². The smallest absolute Gasteiger partial charge is 0.309 e. The molecule has 1 aromatic heterocycles. The predicted molar refractivity (Wildman–Crippen MR) is 58.9 cm³/mol. The zero-order valence-electron chi connectivity index (χ0n) is 8.59. The van der Waals surface area contributed by atoms with Crippen LogP contribution in [-0.2, 0) is 9.59 Å². The molecule has 0 saturated heterocycles. The van der Waals surface area contributed by atoms with Crippen molar-refractivity contribution in [2.75, 3.05) is 6.54 Å². The summed E-state index contributed by atoms with van der Waals surface area (Å²) in [5, 5.41) is 6.27. The molecule has 0 saturated carbocycles. The van der Waals surface area contributed by atoms with Crippen molar-refractivity contribution in [1.29, 1.82) is 0 Å². The minimum absolute atomic E-state index is 0.210. The number of nitrogens with zero attached hydrogens (tertiary/aromatic N) is 2. The molecule has 0 aromatic carbocycles. The highest BCUT2D eigenvalue weighted by molar-refractivity contribution is 6.34. The topological polar surface area (TPSA) is 90.0 Å². The van der Waals surface area contributed by atoms with Crippen molar-refractivity contribution in [2.45, 2.75) is 0 Å². The van der Waals surface area contributed by atoms with Crippen LogP contribution < -0.4 is 11.1 Å². The van der Waals surface area contributed by atoms with Crippen LogP contribution in [0.25, 0.3) is 5.70 Å². The molecule has 2 amide bonds. The van der Waals surface area contributed by atoms with E-state index < -0.39 is 11.8 Å². The number of hydrogen-bond acceptors (Lipinski definition) is 3. The molecule has 0 spiro atoms. The molecule has 0 aliphatic carbocycles. The first kappa shape index (κ1) is 11.7. The molecule has 6 heteroatoms. The molecule has 1 aromatic rings. The van der Waals surface area contributed by atoms with Gasteiger partial charge in [-0.05, 0) is 12.1 Å². The molecule has 0 atom stereocenters. The van der Waals surface area contributed by atoms with Crippen LogP contribution >= 0.6 is 0 Å². The summed E-state index contributed by atoms with van der Waals surface area (Å²) >= 11 is 0. The van der Waals surface area contributed by atoms with E-state index in [-0.39, 0.29) is 6.54 Å². The second-order valence-electron chi connectivity index (χ2n) is 2.92. The minimum atomic E-state index is -1.00. The molecule has 1 rings (SSSR count). The Hall–Kier alpha value is -2.37. The highest BCUT2D eigenvalue weighted by Crippen LogP contribution is 1.99. The number of nitrogens with two attached hydrogens (primary N) is 1. The number of hydrogen-bond donors (Lipinski definition) is 2. The standard InChI is InChI=1S/C10H12N4O2/c1-8(14-7-3-6-13-14)4-2-5-12-10(16)9(11)15/h2-4,6-7H,1,5H2,(H2,11,15)(H,12,16)/b4-2+. The predicted octanol–water partition coefficient (Wildman–Crippen LogP) is -0.489. The van der Waals surface area contributed by atoms with Gasteiger partial charge in [0.05, 0.1) is 5.70 Å². The van der Waals surface area contributed by atoms with Gasteiger partial charge in [-0.1, -0.05) is 12.7 Å². The number of nitrogens with one attached hydrogen (secondary N) is 1. The first-order chi connectivity index (χ1) is 7.61. The van der Waals surface area contributed by atoms with E-state index in [2.05, 4.69) is 17.0 Å². The number of allylic oxidation sites excluding steroid dienone is 2. The molecule has 84 valence electrons. The highest BCUT2D eigenvalue weighted by Gasteiger charge is 2.04. The molecule has 0 bridgehead atoms. The molecule has 1 heterocycles. The molecular formula is C10H12N4O2. The molecule has 0 aliphatic rings. The van der Waals surface area contributed by atoms with E-state index in [1.165, 1.54) is 0 Å². The van der Waals surface area contributed by atoms with Crippen molar-refractivity contribution in [3.63, 3.8) is 0 Å². The lowest BCUT2D eigenvalue weighted by Crippen LogP contribution is -2.35. The molecule has 0 radical (unpaired) electrons. The maximum Gasteiger partial charge on any atom is 0.309 e. The van der Waals surface area contributed by atoms with Crippen molar-refractivity contribution in [3.8, 4) is 0 Å². The molecule has 0 unspecified atom stereocenters. The Morgan fingerprint density at radius 2 is 2.31 bits per heavy atom. The van der Waals surface area contributed by atoms with E-state index in [0.29, 0.717) is 5.70 Å². The maximum absolute atomic E-state index is 10.8. The molecule has 0 aliphatic heterocycles. The Kier molecular flexibility index (Phi) is 4.02. The zero-order chi connectivity index (χ0) is 12.0. The lowest BCUT2D eigenvalue weighted by atomic mass is 10.4. The minimum Gasteiger partial charge on any atom is -0.361 e. The van der Waals surface area contributed by atoms with Gasteiger partial charge in [0.25, 0.3) is 0 Å². The van der Waals surface area contributed by atoms with Crippen molar-refractivity contribution >= 4 is 17.5 Å². The van der Waals surface area contributed by atoms with Gasteiger partial charge in [-0.2, -0.15) is 5.10 Å². The van der Waals surface area contributed by atoms with Crippen LogP contribution in [0.3, 0.4) is 0 Å². The van der Waals surface area contributed by atoms with E-state index in [9.17, 15) is 9.59 Å². The maximum atomic E-state index is 10.8. The van der Waals surface area contributed by atoms with Crippen molar-refractivity contribution < 1.29 is 9.59 Å². The van der Waals surface area contributed by atoms with Crippen LogP contribution in [0, 0.1) is 0 Å². The quantitative estimate of drug-likeness (QED) is 0.530. The van der Waals surface area contributed by atoms with Gasteiger partial charge >= 0.3 is 11.8 Å². The molecule has 0 fully saturated rings. The van der Waals surface area contributed by atoms with Crippen LogP contribution in [0.1, 0.15) is 0 Å². The van der Waals surface area contributed by atoms with Gasteiger partial charge in [0.2, 0.25) is 0 Å². The van der Waals surface area contributed by atoms with E-state index >= 15 is 0 Å². The summed E-state index contributed by atoms with van der Waals surface area (Å²) in [5.74, 6) is -1.81. The largest absolute Gasteiger partial charge is 0.361 e. The molecule has 3 N–H and O–H groups in total. The van der Waals surface area contributed by atoms with Crippen LogP contribution in [0.4, 0.5) is 0 Å².